The third-order valence-corrected chi connectivity index (χ3v) is 8.67. The Morgan fingerprint density at radius 1 is 1.08 bits per heavy atom. The number of carbonyl (C=O) groups excluding carboxylic acids is 2. The first-order valence-electron chi connectivity index (χ1n) is 12.8. The number of pyridine rings is 1. The van der Waals surface area contributed by atoms with Crippen LogP contribution in [0.15, 0.2) is 73.1 Å². The Balaban J connectivity index is 1.50. The molecule has 0 saturated carbocycles. The van der Waals surface area contributed by atoms with Crippen molar-refractivity contribution in [2.24, 2.45) is 0 Å². The van der Waals surface area contributed by atoms with E-state index < -0.39 is 31.4 Å². The second-order valence-corrected chi connectivity index (χ2v) is 16.6. The molecule has 2 aromatic heterocycles. The van der Waals surface area contributed by atoms with Crippen LogP contribution < -0.4 is 5.32 Å². The van der Waals surface area contributed by atoms with Crippen LogP contribution in [0, 0.1) is 5.82 Å². The molecule has 1 atom stereocenters. The summed E-state index contributed by atoms with van der Waals surface area (Å²) in [6.45, 7) is 6.85. The molecular weight excluding hydrogens is 515 g/mol. The van der Waals surface area contributed by atoms with Crippen LogP contribution in [0.3, 0.4) is 0 Å². The van der Waals surface area contributed by atoms with E-state index >= 15 is 0 Å². The Morgan fingerprint density at radius 3 is 2.54 bits per heavy atom. The van der Waals surface area contributed by atoms with Gasteiger partial charge in [-0.05, 0) is 41.9 Å². The summed E-state index contributed by atoms with van der Waals surface area (Å²) in [6.07, 6.45) is 3.34. The van der Waals surface area contributed by atoms with Gasteiger partial charge in [0, 0.05) is 43.4 Å². The molecule has 10 heteroatoms. The molecule has 202 valence electrons. The number of ether oxygens (including phenoxy) is 1. The van der Waals surface area contributed by atoms with Crippen molar-refractivity contribution in [2.45, 2.75) is 37.8 Å². The highest BCUT2D eigenvalue weighted by Crippen LogP contribution is 2.36. The van der Waals surface area contributed by atoms with Gasteiger partial charge in [0.2, 0.25) is 0 Å². The maximum Gasteiger partial charge on any atom is 0.327 e. The molecule has 2 aromatic carbocycles. The molecule has 8 nitrogen and oxygen atoms in total. The highest BCUT2D eigenvalue weighted by Gasteiger charge is 2.53. The second kappa shape index (κ2) is 10.3. The average Bonchev–Trinajstić information content (AvgIpc) is 3.34. The first-order valence-corrected chi connectivity index (χ1v) is 16.5. The van der Waals surface area contributed by atoms with Gasteiger partial charge in [0.1, 0.15) is 12.5 Å². The molecule has 1 aliphatic rings. The molecule has 0 bridgehead atoms. The molecule has 1 fully saturated rings. The van der Waals surface area contributed by atoms with Crippen molar-refractivity contribution in [3.8, 4) is 17.1 Å². The van der Waals surface area contributed by atoms with Gasteiger partial charge in [-0.2, -0.15) is 0 Å². The minimum Gasteiger partial charge on any atom is -0.494 e. The zero-order chi connectivity index (χ0) is 27.8. The number of amides is 3. The topological polar surface area (TPSA) is 96.7 Å². The molecule has 0 aliphatic carbocycles. The first-order chi connectivity index (χ1) is 18.6. The van der Waals surface area contributed by atoms with E-state index in [0.717, 1.165) is 22.2 Å². The zero-order valence-electron chi connectivity index (χ0n) is 22.1. The summed E-state index contributed by atoms with van der Waals surface area (Å²) in [4.78, 5) is 32.6. The first kappa shape index (κ1) is 26.6. The molecule has 4 aromatic rings. The van der Waals surface area contributed by atoms with E-state index in [4.69, 9.17) is 4.74 Å². The van der Waals surface area contributed by atoms with Crippen LogP contribution >= 0.6 is 0 Å². The summed E-state index contributed by atoms with van der Waals surface area (Å²) in [5, 5.41) is 14.7. The van der Waals surface area contributed by atoms with E-state index in [1.165, 1.54) is 16.7 Å². The van der Waals surface area contributed by atoms with Crippen molar-refractivity contribution < 1.29 is 23.8 Å². The lowest BCUT2D eigenvalue weighted by atomic mass is 9.88. The lowest BCUT2D eigenvalue weighted by Gasteiger charge is -2.28. The van der Waals surface area contributed by atoms with Crippen LogP contribution in [0.4, 0.5) is 9.18 Å². The lowest BCUT2D eigenvalue weighted by molar-refractivity contribution is -0.135. The summed E-state index contributed by atoms with van der Waals surface area (Å²) in [5.41, 5.74) is 0.636. The lowest BCUT2D eigenvalue weighted by Crippen LogP contribution is -2.47. The predicted octanol–water partition coefficient (Wildman–Crippen LogP) is 5.31. The molecule has 0 spiro atoms. The number of nitrogens with zero attached hydrogens (tertiary/aromatic N) is 3. The molecule has 3 heterocycles. The van der Waals surface area contributed by atoms with Crippen LogP contribution in [0.5, 0.6) is 5.88 Å². The monoisotopic (exact) mass is 546 g/mol. The van der Waals surface area contributed by atoms with E-state index in [-0.39, 0.29) is 19.2 Å². The fraction of sp³-hybridized carbons (Fsp3) is 0.276. The Kier molecular flexibility index (Phi) is 7.00. The van der Waals surface area contributed by atoms with Crippen LogP contribution in [-0.4, -0.2) is 52.9 Å². The summed E-state index contributed by atoms with van der Waals surface area (Å²) < 4.78 is 21.1. The SMILES string of the molecule is C[Si](C)(C)CCOCN1C(=O)N[C@@](Cn2cc3ccc(F)cc3c2O)(c2ccc(-c3ccccn3)cc2)C1=O. The standard InChI is InChI=1S/C29H31FN4O4Si/c1-39(2,3)15-14-38-19-34-27(36)29(32-28(34)37,18-33-17-21-9-12-23(30)16-24(21)26(33)35)22-10-7-20(8-11-22)25-6-4-5-13-31-25/h4-13,16-17,35H,14-15,18-19H2,1-3H3,(H,32,37)/t29-/m0/s1. The van der Waals surface area contributed by atoms with Crippen molar-refractivity contribution in [1.29, 1.82) is 0 Å². The van der Waals surface area contributed by atoms with Gasteiger partial charge < -0.3 is 19.7 Å². The number of urea groups is 1. The number of halogens is 1. The number of hydrogen-bond acceptors (Lipinski definition) is 5. The van der Waals surface area contributed by atoms with Gasteiger partial charge in [-0.25, -0.2) is 14.1 Å². The van der Waals surface area contributed by atoms with E-state index in [0.29, 0.717) is 22.9 Å². The van der Waals surface area contributed by atoms with E-state index in [2.05, 4.69) is 29.9 Å². The van der Waals surface area contributed by atoms with Gasteiger partial charge in [-0.1, -0.05) is 50.0 Å². The van der Waals surface area contributed by atoms with Gasteiger partial charge >= 0.3 is 6.03 Å². The summed E-state index contributed by atoms with van der Waals surface area (Å²) in [6, 6.07) is 17.3. The van der Waals surface area contributed by atoms with Gasteiger partial charge in [0.25, 0.3) is 5.91 Å². The Bertz CT molecular complexity index is 1520. The minimum absolute atomic E-state index is 0.103. The Hall–Kier alpha value is -4.02. The van der Waals surface area contributed by atoms with Crippen LogP contribution in [-0.2, 0) is 21.6 Å². The smallest absolute Gasteiger partial charge is 0.327 e. The van der Waals surface area contributed by atoms with E-state index in [9.17, 15) is 19.1 Å². The summed E-state index contributed by atoms with van der Waals surface area (Å²) in [5.74, 6) is -1.17. The van der Waals surface area contributed by atoms with Crippen LogP contribution in [0.1, 0.15) is 5.56 Å². The van der Waals surface area contributed by atoms with Crippen LogP contribution in [0.2, 0.25) is 25.7 Å². The molecule has 2 N–H and O–H groups in total. The molecular formula is C29H31FN4O4Si. The zero-order valence-corrected chi connectivity index (χ0v) is 23.1. The second-order valence-electron chi connectivity index (χ2n) is 11.0. The molecule has 1 aliphatic heterocycles. The third-order valence-electron chi connectivity index (χ3n) is 6.96. The predicted molar refractivity (Wildman–Crippen MR) is 149 cm³/mol. The summed E-state index contributed by atoms with van der Waals surface area (Å²) >= 11 is 0. The minimum atomic E-state index is -1.52. The van der Waals surface area contributed by atoms with Gasteiger partial charge in [0.05, 0.1) is 12.2 Å². The van der Waals surface area contributed by atoms with Gasteiger partial charge in [-0.15, -0.1) is 0 Å². The van der Waals surface area contributed by atoms with E-state index in [1.54, 1.807) is 30.6 Å². The average molecular weight is 547 g/mol. The number of hydrogen-bond donors (Lipinski definition) is 2. The van der Waals surface area contributed by atoms with Crippen molar-refractivity contribution in [3.05, 3.63) is 84.4 Å². The number of carbonyl (C=O) groups is 2. The molecule has 3 amide bonds. The Morgan fingerprint density at radius 2 is 1.85 bits per heavy atom. The van der Waals surface area contributed by atoms with Crippen molar-refractivity contribution in [3.63, 3.8) is 0 Å². The highest BCUT2D eigenvalue weighted by molar-refractivity contribution is 6.76. The number of aromatic hydroxyl groups is 1. The quantitative estimate of drug-likeness (QED) is 0.169. The summed E-state index contributed by atoms with van der Waals surface area (Å²) in [7, 11) is -1.35. The largest absolute Gasteiger partial charge is 0.494 e. The maximum absolute atomic E-state index is 14.0. The molecule has 0 radical (unpaired) electrons. The number of benzene rings is 2. The van der Waals surface area contributed by atoms with Crippen molar-refractivity contribution >= 4 is 30.8 Å². The van der Waals surface area contributed by atoms with Crippen LogP contribution in [0.25, 0.3) is 22.0 Å². The van der Waals surface area contributed by atoms with Crippen molar-refractivity contribution in [2.75, 3.05) is 13.3 Å². The van der Waals surface area contributed by atoms with Gasteiger partial charge in [0.15, 0.2) is 11.4 Å². The van der Waals surface area contributed by atoms with Crippen molar-refractivity contribution in [1.82, 2.24) is 19.8 Å². The molecule has 0 unspecified atom stereocenters. The van der Waals surface area contributed by atoms with Gasteiger partial charge in [-0.3, -0.25) is 9.78 Å². The normalized spacial score (nSPS) is 17.7. The fourth-order valence-electron chi connectivity index (χ4n) is 4.73. The fourth-order valence-corrected chi connectivity index (χ4v) is 5.48. The number of nitrogens with one attached hydrogen (secondary N) is 1. The number of rotatable bonds is 9. The highest BCUT2D eigenvalue weighted by atomic mass is 28.3. The number of imide groups is 1. The number of fused-ring (bicyclic) bond motifs is 1. The maximum atomic E-state index is 14.0. The molecule has 39 heavy (non-hydrogen) atoms. The van der Waals surface area contributed by atoms with E-state index in [1.807, 2.05) is 30.3 Å². The number of aromatic nitrogens is 2. The Labute approximate surface area is 227 Å². The third kappa shape index (κ3) is 5.30. The molecule has 1 saturated heterocycles. The molecule has 5 rings (SSSR count).